The molecule has 0 amide bonds. The van der Waals surface area contributed by atoms with Crippen molar-refractivity contribution in [2.24, 2.45) is 5.73 Å². The largest absolute Gasteiger partial charge is 0.324 e. The summed E-state index contributed by atoms with van der Waals surface area (Å²) in [6.07, 6.45) is 3.38. The molecule has 1 atom stereocenters. The zero-order chi connectivity index (χ0) is 9.68. The minimum atomic E-state index is 0.204. The second-order valence-corrected chi connectivity index (χ2v) is 3.51. The molecule has 0 aliphatic carbocycles. The van der Waals surface area contributed by atoms with Gasteiger partial charge in [0.15, 0.2) is 0 Å². The van der Waals surface area contributed by atoms with Crippen LogP contribution in [-0.4, -0.2) is 0 Å². The smallest absolute Gasteiger partial charge is 0.0292 e. The minimum absolute atomic E-state index is 0.204. The summed E-state index contributed by atoms with van der Waals surface area (Å²) >= 11 is 0. The summed E-state index contributed by atoms with van der Waals surface area (Å²) in [5.41, 5.74) is 8.58. The molecule has 0 spiro atoms. The molecule has 0 aliphatic rings. The molecule has 72 valence electrons. The van der Waals surface area contributed by atoms with Crippen molar-refractivity contribution in [2.75, 3.05) is 0 Å². The van der Waals surface area contributed by atoms with Crippen LogP contribution >= 0.6 is 0 Å². The Hall–Kier alpha value is -0.820. The van der Waals surface area contributed by atoms with Gasteiger partial charge in [-0.2, -0.15) is 0 Å². The molecule has 1 aromatic carbocycles. The van der Waals surface area contributed by atoms with Crippen molar-refractivity contribution in [2.45, 2.75) is 39.2 Å². The molecule has 0 aliphatic heterocycles. The fourth-order valence-corrected chi connectivity index (χ4v) is 1.46. The molecule has 2 N–H and O–H groups in total. The van der Waals surface area contributed by atoms with E-state index in [2.05, 4.69) is 38.1 Å². The van der Waals surface area contributed by atoms with Crippen LogP contribution in [0.2, 0.25) is 0 Å². The van der Waals surface area contributed by atoms with Crippen LogP contribution in [0.1, 0.15) is 43.9 Å². The average molecular weight is 177 g/mol. The number of nitrogens with two attached hydrogens (primary N) is 1. The summed E-state index contributed by atoms with van der Waals surface area (Å²) in [7, 11) is 0. The van der Waals surface area contributed by atoms with Crippen LogP contribution in [-0.2, 0) is 6.42 Å². The number of hydrogen-bond donors (Lipinski definition) is 1. The third-order valence-electron chi connectivity index (χ3n) is 2.39. The lowest BCUT2D eigenvalue weighted by atomic mass is 10.0. The zero-order valence-corrected chi connectivity index (χ0v) is 8.59. The van der Waals surface area contributed by atoms with Crippen LogP contribution in [0, 0.1) is 0 Å². The van der Waals surface area contributed by atoms with Gasteiger partial charge in [0.05, 0.1) is 0 Å². The van der Waals surface area contributed by atoms with E-state index < -0.39 is 0 Å². The van der Waals surface area contributed by atoms with Crippen LogP contribution in [0.5, 0.6) is 0 Å². The number of benzene rings is 1. The second kappa shape index (κ2) is 5.03. The Kier molecular flexibility index (Phi) is 3.97. The van der Waals surface area contributed by atoms with Gasteiger partial charge in [0.1, 0.15) is 0 Å². The van der Waals surface area contributed by atoms with Crippen LogP contribution in [0.15, 0.2) is 24.3 Å². The first-order valence-electron chi connectivity index (χ1n) is 5.12. The first-order chi connectivity index (χ1) is 6.27. The van der Waals surface area contributed by atoms with Gasteiger partial charge in [-0.25, -0.2) is 0 Å². The van der Waals surface area contributed by atoms with Crippen LogP contribution in [0.3, 0.4) is 0 Å². The lowest BCUT2D eigenvalue weighted by Crippen LogP contribution is -2.08. The van der Waals surface area contributed by atoms with Gasteiger partial charge in [-0.3, -0.25) is 0 Å². The predicted octanol–water partition coefficient (Wildman–Crippen LogP) is 3.05. The lowest BCUT2D eigenvalue weighted by molar-refractivity contribution is 0.698. The maximum absolute atomic E-state index is 5.92. The molecule has 1 unspecified atom stereocenters. The van der Waals surface area contributed by atoms with E-state index in [1.54, 1.807) is 0 Å². The minimum Gasteiger partial charge on any atom is -0.324 e. The van der Waals surface area contributed by atoms with Gasteiger partial charge in [0.2, 0.25) is 0 Å². The van der Waals surface area contributed by atoms with Crippen molar-refractivity contribution in [1.82, 2.24) is 0 Å². The second-order valence-electron chi connectivity index (χ2n) is 3.51. The Morgan fingerprint density at radius 1 is 1.15 bits per heavy atom. The molecule has 0 aromatic heterocycles. The van der Waals surface area contributed by atoms with Crippen molar-refractivity contribution >= 4 is 0 Å². The van der Waals surface area contributed by atoms with E-state index in [9.17, 15) is 0 Å². The van der Waals surface area contributed by atoms with E-state index in [1.165, 1.54) is 24.0 Å². The van der Waals surface area contributed by atoms with Gasteiger partial charge >= 0.3 is 0 Å². The fourth-order valence-electron chi connectivity index (χ4n) is 1.46. The highest BCUT2D eigenvalue weighted by Gasteiger charge is 2.01. The predicted molar refractivity (Wildman–Crippen MR) is 57.7 cm³/mol. The zero-order valence-electron chi connectivity index (χ0n) is 8.59. The molecule has 0 bridgehead atoms. The van der Waals surface area contributed by atoms with E-state index in [0.717, 1.165) is 6.42 Å². The first kappa shape index (κ1) is 10.3. The summed E-state index contributed by atoms with van der Waals surface area (Å²) in [4.78, 5) is 0. The maximum Gasteiger partial charge on any atom is 0.0292 e. The van der Waals surface area contributed by atoms with Crippen molar-refractivity contribution in [3.05, 3.63) is 35.4 Å². The molecule has 0 saturated carbocycles. The van der Waals surface area contributed by atoms with Crippen molar-refractivity contribution in [3.8, 4) is 0 Å². The molecule has 13 heavy (non-hydrogen) atoms. The van der Waals surface area contributed by atoms with Crippen molar-refractivity contribution < 1.29 is 0 Å². The van der Waals surface area contributed by atoms with Gasteiger partial charge in [0.25, 0.3) is 0 Å². The van der Waals surface area contributed by atoms with E-state index in [-0.39, 0.29) is 6.04 Å². The average Bonchev–Trinajstić information content (AvgIpc) is 2.18. The number of aryl methyl sites for hydroxylation is 1. The van der Waals surface area contributed by atoms with Gasteiger partial charge in [0, 0.05) is 6.04 Å². The Balaban J connectivity index is 2.69. The summed E-state index contributed by atoms with van der Waals surface area (Å²) in [5, 5.41) is 0. The Morgan fingerprint density at radius 3 is 2.23 bits per heavy atom. The molecule has 0 fully saturated rings. The molecular weight excluding hydrogens is 158 g/mol. The molecule has 1 nitrogen and oxygen atoms in total. The molecule has 1 heteroatoms. The summed E-state index contributed by atoms with van der Waals surface area (Å²) in [5.74, 6) is 0. The topological polar surface area (TPSA) is 26.0 Å². The highest BCUT2D eigenvalue weighted by molar-refractivity contribution is 5.24. The summed E-state index contributed by atoms with van der Waals surface area (Å²) < 4.78 is 0. The van der Waals surface area contributed by atoms with Crippen LogP contribution in [0.25, 0.3) is 0 Å². The van der Waals surface area contributed by atoms with E-state index in [1.807, 2.05) is 0 Å². The number of hydrogen-bond acceptors (Lipinski definition) is 1. The third kappa shape index (κ3) is 2.85. The van der Waals surface area contributed by atoms with E-state index in [0.29, 0.717) is 0 Å². The van der Waals surface area contributed by atoms with E-state index in [4.69, 9.17) is 5.73 Å². The molecule has 1 rings (SSSR count). The fraction of sp³-hybridized carbons (Fsp3) is 0.500. The molecule has 1 aromatic rings. The Labute approximate surface area is 81.0 Å². The van der Waals surface area contributed by atoms with Crippen LogP contribution < -0.4 is 5.73 Å². The van der Waals surface area contributed by atoms with Gasteiger partial charge < -0.3 is 5.73 Å². The summed E-state index contributed by atoms with van der Waals surface area (Å²) in [6, 6.07) is 8.89. The molecule has 0 heterocycles. The maximum atomic E-state index is 5.92. The first-order valence-corrected chi connectivity index (χ1v) is 5.12. The monoisotopic (exact) mass is 177 g/mol. The van der Waals surface area contributed by atoms with Crippen molar-refractivity contribution in [3.63, 3.8) is 0 Å². The van der Waals surface area contributed by atoms with Gasteiger partial charge in [-0.05, 0) is 24.0 Å². The van der Waals surface area contributed by atoms with Crippen molar-refractivity contribution in [1.29, 1.82) is 0 Å². The van der Waals surface area contributed by atoms with Gasteiger partial charge in [-0.1, -0.05) is 44.5 Å². The third-order valence-corrected chi connectivity index (χ3v) is 2.39. The molecule has 0 saturated heterocycles. The Bertz CT molecular complexity index is 238. The van der Waals surface area contributed by atoms with E-state index >= 15 is 0 Å². The van der Waals surface area contributed by atoms with Crippen LogP contribution in [0.4, 0.5) is 0 Å². The quantitative estimate of drug-likeness (QED) is 0.751. The number of rotatable bonds is 4. The molecule has 0 radical (unpaired) electrons. The highest BCUT2D eigenvalue weighted by Crippen LogP contribution is 2.14. The SMILES string of the molecule is CCCc1ccc(C(N)CC)cc1. The van der Waals surface area contributed by atoms with Gasteiger partial charge in [-0.15, -0.1) is 0 Å². The lowest BCUT2D eigenvalue weighted by Gasteiger charge is -2.09. The standard InChI is InChI=1S/C12H19N/c1-3-5-10-6-8-11(9-7-10)12(13)4-2/h6-9,12H,3-5,13H2,1-2H3. The normalized spacial score (nSPS) is 12.8. The Morgan fingerprint density at radius 2 is 1.77 bits per heavy atom. The summed E-state index contributed by atoms with van der Waals surface area (Å²) in [6.45, 7) is 4.32. The highest BCUT2D eigenvalue weighted by atomic mass is 14.6. The molecular formula is C12H19N.